The van der Waals surface area contributed by atoms with E-state index in [9.17, 15) is 18.0 Å². The third kappa shape index (κ3) is 7.66. The molecule has 0 aliphatic heterocycles. The summed E-state index contributed by atoms with van der Waals surface area (Å²) in [5.74, 6) is 0.566. The van der Waals surface area contributed by atoms with Gasteiger partial charge in [-0.1, -0.05) is 36.4 Å². The van der Waals surface area contributed by atoms with Gasteiger partial charge >= 0.3 is 0 Å². The number of hydrogen-bond donors (Lipinski definition) is 3. The molecular formula is C29H32N4O6S2. The maximum Gasteiger partial charge on any atom is 0.279 e. The molecule has 0 saturated carbocycles. The monoisotopic (exact) mass is 596 g/mol. The van der Waals surface area contributed by atoms with E-state index in [-0.39, 0.29) is 29.6 Å². The van der Waals surface area contributed by atoms with Crippen LogP contribution >= 0.6 is 11.8 Å². The van der Waals surface area contributed by atoms with Gasteiger partial charge in [-0.2, -0.15) is 8.42 Å². The van der Waals surface area contributed by atoms with E-state index in [1.807, 2.05) is 30.3 Å². The third-order valence-electron chi connectivity index (χ3n) is 6.22. The van der Waals surface area contributed by atoms with Crippen molar-refractivity contribution in [2.45, 2.75) is 29.4 Å². The van der Waals surface area contributed by atoms with Crippen molar-refractivity contribution >= 4 is 50.6 Å². The summed E-state index contributed by atoms with van der Waals surface area (Å²) in [6.07, 6.45) is 2.24. The highest BCUT2D eigenvalue weighted by Crippen LogP contribution is 2.32. The van der Waals surface area contributed by atoms with E-state index in [1.165, 1.54) is 24.0 Å². The number of aromatic nitrogens is 2. The number of anilines is 1. The van der Waals surface area contributed by atoms with Gasteiger partial charge in [0.2, 0.25) is 0 Å². The van der Waals surface area contributed by atoms with Crippen LogP contribution in [0.2, 0.25) is 0 Å². The second-order valence-corrected chi connectivity index (χ2v) is 12.7. The van der Waals surface area contributed by atoms with Crippen LogP contribution in [0.1, 0.15) is 28.5 Å². The van der Waals surface area contributed by atoms with E-state index in [2.05, 4.69) is 20.0 Å². The SMILES string of the molecule is COCCOc1cc(NS(=O)(=O)c2ncccc2C)c2[nH]c(C(=O)NCC(C)(C=O)SCc3ccccc3)cc2c1. The molecular weight excluding hydrogens is 564 g/mol. The number of carbonyl (C=O) groups is 2. The molecule has 41 heavy (non-hydrogen) atoms. The largest absolute Gasteiger partial charge is 0.491 e. The summed E-state index contributed by atoms with van der Waals surface area (Å²) in [4.78, 5) is 32.1. The highest BCUT2D eigenvalue weighted by atomic mass is 32.2. The van der Waals surface area contributed by atoms with Crippen molar-refractivity contribution in [1.29, 1.82) is 0 Å². The van der Waals surface area contributed by atoms with E-state index in [4.69, 9.17) is 9.47 Å². The third-order valence-corrected chi connectivity index (χ3v) is 9.03. The number of rotatable bonds is 14. The molecule has 0 aliphatic carbocycles. The number of aldehydes is 1. The molecule has 1 amide bonds. The van der Waals surface area contributed by atoms with Crippen molar-refractivity contribution < 1.29 is 27.5 Å². The number of nitrogens with one attached hydrogen (secondary N) is 3. The van der Waals surface area contributed by atoms with Crippen LogP contribution in [0.5, 0.6) is 5.75 Å². The number of sulfonamides is 1. The minimum absolute atomic E-state index is 0.103. The molecule has 0 fully saturated rings. The topological polar surface area (TPSA) is 139 Å². The smallest absolute Gasteiger partial charge is 0.279 e. The number of fused-ring (bicyclic) bond motifs is 1. The van der Waals surface area contributed by atoms with Crippen LogP contribution in [0.15, 0.2) is 71.9 Å². The summed E-state index contributed by atoms with van der Waals surface area (Å²) in [6.45, 7) is 4.12. The molecule has 1 unspecified atom stereocenters. The molecule has 2 heterocycles. The number of thioether (sulfide) groups is 1. The fraction of sp³-hybridized carbons (Fsp3) is 0.276. The van der Waals surface area contributed by atoms with Crippen LogP contribution in [-0.4, -0.2) is 62.2 Å². The number of pyridine rings is 1. The van der Waals surface area contributed by atoms with Gasteiger partial charge in [-0.25, -0.2) is 4.98 Å². The maximum absolute atomic E-state index is 13.2. The molecule has 4 rings (SSSR count). The highest BCUT2D eigenvalue weighted by Gasteiger charge is 2.26. The van der Waals surface area contributed by atoms with Crippen LogP contribution in [0.4, 0.5) is 5.69 Å². The zero-order valence-electron chi connectivity index (χ0n) is 23.0. The number of carbonyl (C=O) groups excluding carboxylic acids is 2. The molecule has 12 heteroatoms. The van der Waals surface area contributed by atoms with Crippen molar-refractivity contribution in [3.63, 3.8) is 0 Å². The predicted molar refractivity (Wildman–Crippen MR) is 160 cm³/mol. The van der Waals surface area contributed by atoms with Crippen molar-refractivity contribution in [3.8, 4) is 5.75 Å². The number of aryl methyl sites for hydroxylation is 1. The zero-order valence-corrected chi connectivity index (χ0v) is 24.6. The van der Waals surface area contributed by atoms with Gasteiger partial charge in [-0.15, -0.1) is 11.8 Å². The lowest BCUT2D eigenvalue weighted by molar-refractivity contribution is -0.109. The van der Waals surface area contributed by atoms with Crippen LogP contribution in [0.25, 0.3) is 10.9 Å². The summed E-state index contributed by atoms with van der Waals surface area (Å²) in [5.41, 5.74) is 2.34. The first-order chi connectivity index (χ1) is 19.6. The molecule has 2 aromatic carbocycles. The molecule has 0 aliphatic rings. The average molecular weight is 597 g/mol. The van der Waals surface area contributed by atoms with Gasteiger partial charge in [0.25, 0.3) is 15.9 Å². The van der Waals surface area contributed by atoms with Crippen molar-refractivity contribution in [3.05, 3.63) is 83.7 Å². The fourth-order valence-electron chi connectivity index (χ4n) is 3.99. The number of methoxy groups -OCH3 is 1. The van der Waals surface area contributed by atoms with Crippen molar-refractivity contribution in [1.82, 2.24) is 15.3 Å². The quantitative estimate of drug-likeness (QED) is 0.145. The molecule has 0 radical (unpaired) electrons. The second-order valence-electron chi connectivity index (χ2n) is 9.58. The molecule has 3 N–H and O–H groups in total. The second kappa shape index (κ2) is 13.2. The Bertz CT molecular complexity index is 1630. The van der Waals surface area contributed by atoms with Gasteiger partial charge in [-0.05, 0) is 43.2 Å². The lowest BCUT2D eigenvalue weighted by Gasteiger charge is -2.22. The molecule has 0 bridgehead atoms. The van der Waals surface area contributed by atoms with Crippen LogP contribution in [-0.2, 0) is 25.3 Å². The Morgan fingerprint density at radius 1 is 1.12 bits per heavy atom. The Balaban J connectivity index is 1.57. The Morgan fingerprint density at radius 2 is 1.90 bits per heavy atom. The number of aromatic amines is 1. The minimum Gasteiger partial charge on any atom is -0.491 e. The maximum atomic E-state index is 13.2. The van der Waals surface area contributed by atoms with E-state index in [1.54, 1.807) is 45.2 Å². The van der Waals surface area contributed by atoms with Crippen molar-refractivity contribution in [2.75, 3.05) is 31.6 Å². The van der Waals surface area contributed by atoms with Crippen molar-refractivity contribution in [2.24, 2.45) is 0 Å². The van der Waals surface area contributed by atoms with Gasteiger partial charge in [0.1, 0.15) is 24.3 Å². The summed E-state index contributed by atoms with van der Waals surface area (Å²) in [7, 11) is -2.50. The molecule has 10 nitrogen and oxygen atoms in total. The number of benzene rings is 2. The first kappa shape index (κ1) is 30.1. The fourth-order valence-corrected chi connectivity index (χ4v) is 6.16. The highest BCUT2D eigenvalue weighted by molar-refractivity contribution is 8.00. The molecule has 1 atom stereocenters. The molecule has 0 spiro atoms. The number of hydrogen-bond acceptors (Lipinski definition) is 8. The Morgan fingerprint density at radius 3 is 2.61 bits per heavy atom. The Kier molecular flexibility index (Phi) is 9.69. The van der Waals surface area contributed by atoms with Gasteiger partial charge in [0.15, 0.2) is 5.03 Å². The molecule has 216 valence electrons. The number of ether oxygens (including phenoxy) is 2. The summed E-state index contributed by atoms with van der Waals surface area (Å²) >= 11 is 1.44. The molecule has 0 saturated heterocycles. The average Bonchev–Trinajstić information content (AvgIpc) is 3.40. The van der Waals surface area contributed by atoms with Gasteiger partial charge in [0.05, 0.1) is 22.6 Å². The van der Waals surface area contributed by atoms with Gasteiger partial charge in [-0.3, -0.25) is 9.52 Å². The van der Waals surface area contributed by atoms with Gasteiger partial charge in [0, 0.05) is 37.1 Å². The van der Waals surface area contributed by atoms with E-state index in [0.717, 1.165) is 11.8 Å². The lowest BCUT2D eigenvalue weighted by atomic mass is 10.2. The van der Waals surface area contributed by atoms with E-state index < -0.39 is 20.7 Å². The standard InChI is InChI=1S/C29H32N4O6S2/c1-20-8-7-11-30-28(20)41(36,37)33-24-16-23(39-13-12-38-3)14-22-15-25(32-26(22)24)27(35)31-18-29(2,19-34)40-17-21-9-5-4-6-10-21/h4-11,14-16,19,32-33H,12-13,17-18H2,1-3H3,(H,31,35). The summed E-state index contributed by atoms with van der Waals surface area (Å²) < 4.78 is 39.0. The van der Waals surface area contributed by atoms with E-state index >= 15 is 0 Å². The number of amides is 1. The zero-order chi connectivity index (χ0) is 29.5. The van der Waals surface area contributed by atoms with Crippen LogP contribution in [0.3, 0.4) is 0 Å². The first-order valence-electron chi connectivity index (χ1n) is 12.8. The number of H-pyrrole nitrogens is 1. The normalized spacial score (nSPS) is 13.0. The molecule has 4 aromatic rings. The predicted octanol–water partition coefficient (Wildman–Crippen LogP) is 4.32. The summed E-state index contributed by atoms with van der Waals surface area (Å²) in [5, 5.41) is 3.27. The lowest BCUT2D eigenvalue weighted by Crippen LogP contribution is -2.39. The van der Waals surface area contributed by atoms with Gasteiger partial charge < -0.3 is 24.6 Å². The number of nitrogens with zero attached hydrogens (tertiary/aromatic N) is 1. The van der Waals surface area contributed by atoms with Crippen LogP contribution in [0, 0.1) is 6.92 Å². The molecule has 2 aromatic heterocycles. The summed E-state index contributed by atoms with van der Waals surface area (Å²) in [6, 6.07) is 17.9. The first-order valence-corrected chi connectivity index (χ1v) is 15.3. The Labute approximate surface area is 243 Å². The van der Waals surface area contributed by atoms with Crippen LogP contribution < -0.4 is 14.8 Å². The minimum atomic E-state index is -4.05. The Hall–Kier alpha value is -3.87. The van der Waals surface area contributed by atoms with E-state index in [0.29, 0.717) is 34.6 Å².